The summed E-state index contributed by atoms with van der Waals surface area (Å²) in [7, 11) is 0. The molecule has 84 valence electrons. The molecule has 14 heavy (non-hydrogen) atoms. The molecule has 1 saturated heterocycles. The molecule has 1 rings (SSSR count). The molecule has 2 heteroatoms. The quantitative estimate of drug-likeness (QED) is 0.668. The molecule has 1 aliphatic rings. The molecule has 2 atom stereocenters. The summed E-state index contributed by atoms with van der Waals surface area (Å²) in [5.74, 6) is 0.401. The molecule has 0 aliphatic carbocycles. The third kappa shape index (κ3) is 4.43. The normalized spacial score (nSPS) is 24.4. The van der Waals surface area contributed by atoms with Gasteiger partial charge in [-0.1, -0.05) is 26.7 Å². The van der Waals surface area contributed by atoms with Gasteiger partial charge in [-0.2, -0.15) is 0 Å². The number of aliphatic hydroxyl groups excluding tert-OH is 1. The molecule has 0 saturated carbocycles. The maximum atomic E-state index is 9.59. The Morgan fingerprint density at radius 1 is 1.36 bits per heavy atom. The highest BCUT2D eigenvalue weighted by Crippen LogP contribution is 2.19. The first-order valence-electron chi connectivity index (χ1n) is 6.00. The van der Waals surface area contributed by atoms with Crippen molar-refractivity contribution in [1.82, 2.24) is 0 Å². The number of ether oxygens (including phenoxy) is 1. The Hall–Kier alpha value is -0.0800. The van der Waals surface area contributed by atoms with Gasteiger partial charge in [0, 0.05) is 6.61 Å². The first kappa shape index (κ1) is 12.0. The van der Waals surface area contributed by atoms with E-state index in [1.807, 2.05) is 0 Å². The molecule has 0 amide bonds. The number of unbranched alkanes of at least 4 members (excludes halogenated alkanes) is 1. The number of hydrogen-bond donors (Lipinski definition) is 1. The van der Waals surface area contributed by atoms with E-state index < -0.39 is 0 Å². The van der Waals surface area contributed by atoms with Gasteiger partial charge in [0.2, 0.25) is 0 Å². The minimum Gasteiger partial charge on any atom is -0.393 e. The van der Waals surface area contributed by atoms with Gasteiger partial charge in [-0.15, -0.1) is 0 Å². The highest BCUT2D eigenvalue weighted by molar-refractivity contribution is 4.66. The molecule has 1 heterocycles. The van der Waals surface area contributed by atoms with Gasteiger partial charge in [0.05, 0.1) is 12.2 Å². The van der Waals surface area contributed by atoms with Crippen LogP contribution >= 0.6 is 0 Å². The van der Waals surface area contributed by atoms with Crippen molar-refractivity contribution in [3.8, 4) is 0 Å². The molecule has 0 spiro atoms. The molecule has 0 aromatic carbocycles. The predicted octanol–water partition coefficient (Wildman–Crippen LogP) is 2.74. The Kier molecular flexibility index (Phi) is 5.49. The highest BCUT2D eigenvalue weighted by Gasteiger charge is 2.15. The molecular weight excluding hydrogens is 176 g/mol. The van der Waals surface area contributed by atoms with Crippen LogP contribution in [0.2, 0.25) is 0 Å². The molecule has 1 N–H and O–H groups in total. The fourth-order valence-electron chi connectivity index (χ4n) is 1.93. The summed E-state index contributed by atoms with van der Waals surface area (Å²) in [6, 6.07) is 0. The lowest BCUT2D eigenvalue weighted by Crippen LogP contribution is -2.14. The van der Waals surface area contributed by atoms with E-state index in [0.717, 1.165) is 19.4 Å². The van der Waals surface area contributed by atoms with E-state index in [-0.39, 0.29) is 6.10 Å². The maximum Gasteiger partial charge on any atom is 0.0576 e. The summed E-state index contributed by atoms with van der Waals surface area (Å²) in [5, 5.41) is 9.59. The SMILES string of the molecule is CC(C)C(O)CCCCC1CCCO1. The van der Waals surface area contributed by atoms with Crippen molar-refractivity contribution < 1.29 is 9.84 Å². The monoisotopic (exact) mass is 200 g/mol. The molecule has 0 aromatic heterocycles. The van der Waals surface area contributed by atoms with Crippen molar-refractivity contribution in [1.29, 1.82) is 0 Å². The maximum absolute atomic E-state index is 9.59. The molecule has 1 aliphatic heterocycles. The van der Waals surface area contributed by atoms with Crippen LogP contribution in [0.3, 0.4) is 0 Å². The van der Waals surface area contributed by atoms with E-state index in [1.54, 1.807) is 0 Å². The third-order valence-electron chi connectivity index (χ3n) is 3.07. The van der Waals surface area contributed by atoms with Crippen molar-refractivity contribution in [2.45, 2.75) is 64.6 Å². The lowest BCUT2D eigenvalue weighted by Gasteiger charge is -2.14. The number of rotatable bonds is 6. The first-order chi connectivity index (χ1) is 6.70. The van der Waals surface area contributed by atoms with Crippen LogP contribution in [0.5, 0.6) is 0 Å². The highest BCUT2D eigenvalue weighted by atomic mass is 16.5. The average molecular weight is 200 g/mol. The smallest absolute Gasteiger partial charge is 0.0576 e. The van der Waals surface area contributed by atoms with Crippen molar-refractivity contribution >= 4 is 0 Å². The van der Waals surface area contributed by atoms with Crippen LogP contribution in [0.4, 0.5) is 0 Å². The fourth-order valence-corrected chi connectivity index (χ4v) is 1.93. The summed E-state index contributed by atoms with van der Waals surface area (Å²) >= 11 is 0. The summed E-state index contributed by atoms with van der Waals surface area (Å²) in [6.07, 6.45) is 7.36. The molecule has 2 nitrogen and oxygen atoms in total. The molecule has 0 bridgehead atoms. The van der Waals surface area contributed by atoms with Crippen LogP contribution in [-0.4, -0.2) is 23.9 Å². The van der Waals surface area contributed by atoms with E-state index in [1.165, 1.54) is 25.7 Å². The van der Waals surface area contributed by atoms with Crippen LogP contribution in [0, 0.1) is 5.92 Å². The van der Waals surface area contributed by atoms with Crippen LogP contribution in [0.1, 0.15) is 52.4 Å². The van der Waals surface area contributed by atoms with E-state index >= 15 is 0 Å². The van der Waals surface area contributed by atoms with Crippen molar-refractivity contribution in [3.63, 3.8) is 0 Å². The van der Waals surface area contributed by atoms with Gasteiger partial charge in [-0.05, 0) is 31.6 Å². The molecular formula is C12H24O2. The van der Waals surface area contributed by atoms with Gasteiger partial charge in [-0.3, -0.25) is 0 Å². The molecule has 0 radical (unpaired) electrons. The van der Waals surface area contributed by atoms with Crippen LogP contribution < -0.4 is 0 Å². The average Bonchev–Trinajstić information content (AvgIpc) is 2.64. The fraction of sp³-hybridized carbons (Fsp3) is 1.00. The second-order valence-corrected chi connectivity index (χ2v) is 4.73. The number of aliphatic hydroxyl groups is 1. The van der Waals surface area contributed by atoms with Crippen LogP contribution in [-0.2, 0) is 4.74 Å². The van der Waals surface area contributed by atoms with Crippen molar-refractivity contribution in [2.75, 3.05) is 6.61 Å². The van der Waals surface area contributed by atoms with E-state index in [9.17, 15) is 5.11 Å². The lowest BCUT2D eigenvalue weighted by molar-refractivity contribution is 0.0935. The van der Waals surface area contributed by atoms with Crippen molar-refractivity contribution in [3.05, 3.63) is 0 Å². The third-order valence-corrected chi connectivity index (χ3v) is 3.07. The topological polar surface area (TPSA) is 29.5 Å². The Morgan fingerprint density at radius 3 is 2.71 bits per heavy atom. The van der Waals surface area contributed by atoms with Gasteiger partial charge < -0.3 is 9.84 Å². The van der Waals surface area contributed by atoms with Gasteiger partial charge in [0.15, 0.2) is 0 Å². The van der Waals surface area contributed by atoms with Gasteiger partial charge in [-0.25, -0.2) is 0 Å². The van der Waals surface area contributed by atoms with Gasteiger partial charge >= 0.3 is 0 Å². The molecule has 1 fully saturated rings. The Balaban J connectivity index is 1.93. The molecule has 2 unspecified atom stereocenters. The van der Waals surface area contributed by atoms with Crippen LogP contribution in [0.25, 0.3) is 0 Å². The minimum atomic E-state index is -0.112. The zero-order valence-corrected chi connectivity index (χ0v) is 9.54. The lowest BCUT2D eigenvalue weighted by atomic mass is 10.00. The van der Waals surface area contributed by atoms with Crippen LogP contribution in [0.15, 0.2) is 0 Å². The zero-order chi connectivity index (χ0) is 10.4. The summed E-state index contributed by atoms with van der Waals surface area (Å²) < 4.78 is 5.54. The van der Waals surface area contributed by atoms with Gasteiger partial charge in [0.25, 0.3) is 0 Å². The van der Waals surface area contributed by atoms with E-state index in [2.05, 4.69) is 13.8 Å². The van der Waals surface area contributed by atoms with E-state index in [0.29, 0.717) is 12.0 Å². The number of hydrogen-bond acceptors (Lipinski definition) is 2. The standard InChI is InChI=1S/C12H24O2/c1-10(2)12(13)8-4-3-6-11-7-5-9-14-11/h10-13H,3-9H2,1-2H3. The largest absolute Gasteiger partial charge is 0.393 e. The van der Waals surface area contributed by atoms with E-state index in [4.69, 9.17) is 4.74 Å². The predicted molar refractivity (Wildman–Crippen MR) is 58.3 cm³/mol. The van der Waals surface area contributed by atoms with Crippen molar-refractivity contribution in [2.24, 2.45) is 5.92 Å². The Bertz CT molecular complexity index is 135. The summed E-state index contributed by atoms with van der Waals surface area (Å²) in [5.41, 5.74) is 0. The summed E-state index contributed by atoms with van der Waals surface area (Å²) in [6.45, 7) is 5.11. The Labute approximate surface area is 87.7 Å². The van der Waals surface area contributed by atoms with Gasteiger partial charge in [0.1, 0.15) is 0 Å². The molecule has 0 aromatic rings. The Morgan fingerprint density at radius 2 is 2.14 bits per heavy atom. The zero-order valence-electron chi connectivity index (χ0n) is 9.54. The minimum absolute atomic E-state index is 0.112. The second-order valence-electron chi connectivity index (χ2n) is 4.73. The second kappa shape index (κ2) is 6.41. The first-order valence-corrected chi connectivity index (χ1v) is 6.00. The summed E-state index contributed by atoms with van der Waals surface area (Å²) in [4.78, 5) is 0.